The molecule has 0 radical (unpaired) electrons. The topological polar surface area (TPSA) is 38.0 Å². The standard InChI is InChI=1S/C15H12F4N2/c1-7-5-9(13(18)11(17)6-7)8(2)21-12-4-3-10(16)15(20)14(12)19/h3-6,21H,2,20H2,1H3. The molecule has 3 N–H and O–H groups in total. The molecule has 2 aromatic rings. The Kier molecular flexibility index (Phi) is 3.88. The molecule has 0 atom stereocenters. The van der Waals surface area contributed by atoms with E-state index in [1.807, 2.05) is 0 Å². The summed E-state index contributed by atoms with van der Waals surface area (Å²) in [6.07, 6.45) is 0. The van der Waals surface area contributed by atoms with Crippen molar-refractivity contribution in [2.75, 3.05) is 11.1 Å². The average molecular weight is 296 g/mol. The molecule has 2 nitrogen and oxygen atoms in total. The van der Waals surface area contributed by atoms with E-state index in [-0.39, 0.29) is 16.9 Å². The molecular weight excluding hydrogens is 284 g/mol. The lowest BCUT2D eigenvalue weighted by atomic mass is 10.1. The number of benzene rings is 2. The van der Waals surface area contributed by atoms with Crippen LogP contribution in [-0.4, -0.2) is 0 Å². The number of nitrogens with two attached hydrogens (primary N) is 1. The molecule has 6 heteroatoms. The summed E-state index contributed by atoms with van der Waals surface area (Å²) >= 11 is 0. The fourth-order valence-electron chi connectivity index (χ4n) is 1.84. The van der Waals surface area contributed by atoms with E-state index in [9.17, 15) is 17.6 Å². The second-order valence-corrected chi connectivity index (χ2v) is 4.53. The normalized spacial score (nSPS) is 10.5. The third-order valence-corrected chi connectivity index (χ3v) is 2.91. The maximum atomic E-state index is 13.8. The van der Waals surface area contributed by atoms with E-state index in [1.165, 1.54) is 6.07 Å². The molecule has 0 fully saturated rings. The van der Waals surface area contributed by atoms with Crippen molar-refractivity contribution in [1.29, 1.82) is 0 Å². The molecule has 0 heterocycles. The third-order valence-electron chi connectivity index (χ3n) is 2.91. The van der Waals surface area contributed by atoms with Crippen molar-refractivity contribution in [2.45, 2.75) is 6.92 Å². The van der Waals surface area contributed by atoms with E-state index in [2.05, 4.69) is 11.9 Å². The van der Waals surface area contributed by atoms with Crippen LogP contribution >= 0.6 is 0 Å². The maximum Gasteiger partial charge on any atom is 0.172 e. The van der Waals surface area contributed by atoms with Gasteiger partial charge in [0.1, 0.15) is 11.5 Å². The first-order valence-corrected chi connectivity index (χ1v) is 5.96. The molecule has 110 valence electrons. The molecule has 0 aromatic heterocycles. The average Bonchev–Trinajstić information content (AvgIpc) is 2.43. The molecule has 21 heavy (non-hydrogen) atoms. The first-order valence-electron chi connectivity index (χ1n) is 5.96. The van der Waals surface area contributed by atoms with Crippen molar-refractivity contribution < 1.29 is 17.6 Å². The molecule has 0 bridgehead atoms. The van der Waals surface area contributed by atoms with Gasteiger partial charge in [-0.25, -0.2) is 17.6 Å². The molecule has 0 amide bonds. The first kappa shape index (κ1) is 14.9. The Morgan fingerprint density at radius 2 is 1.71 bits per heavy atom. The molecule has 2 rings (SSSR count). The smallest absolute Gasteiger partial charge is 0.172 e. The number of hydrogen-bond donors (Lipinski definition) is 2. The molecular formula is C15H12F4N2. The first-order chi connectivity index (χ1) is 9.81. The van der Waals surface area contributed by atoms with Crippen LogP contribution in [0, 0.1) is 30.2 Å². The highest BCUT2D eigenvalue weighted by Gasteiger charge is 2.15. The Hall–Kier alpha value is -2.50. The van der Waals surface area contributed by atoms with Crippen LogP contribution in [0.2, 0.25) is 0 Å². The number of nitrogen functional groups attached to an aromatic ring is 1. The Bertz CT molecular complexity index is 726. The van der Waals surface area contributed by atoms with Crippen molar-refractivity contribution in [3.63, 3.8) is 0 Å². The zero-order valence-electron chi connectivity index (χ0n) is 11.1. The zero-order chi connectivity index (χ0) is 15.7. The maximum absolute atomic E-state index is 13.8. The van der Waals surface area contributed by atoms with Gasteiger partial charge < -0.3 is 11.1 Å². The minimum Gasteiger partial charge on any atom is -0.394 e. The van der Waals surface area contributed by atoms with Gasteiger partial charge in [0.05, 0.1) is 5.69 Å². The van der Waals surface area contributed by atoms with E-state index in [0.29, 0.717) is 5.56 Å². The fourth-order valence-corrected chi connectivity index (χ4v) is 1.84. The van der Waals surface area contributed by atoms with Crippen LogP contribution < -0.4 is 11.1 Å². The summed E-state index contributed by atoms with van der Waals surface area (Å²) in [5.41, 5.74) is 4.64. The van der Waals surface area contributed by atoms with E-state index in [4.69, 9.17) is 5.73 Å². The SMILES string of the molecule is C=C(Nc1ccc(F)c(N)c1F)c1cc(C)cc(F)c1F. The molecule has 0 saturated heterocycles. The lowest BCUT2D eigenvalue weighted by Crippen LogP contribution is -2.06. The van der Waals surface area contributed by atoms with Gasteiger partial charge in [0.2, 0.25) is 0 Å². The number of aryl methyl sites for hydroxylation is 1. The van der Waals surface area contributed by atoms with Gasteiger partial charge in [0.25, 0.3) is 0 Å². The highest BCUT2D eigenvalue weighted by Crippen LogP contribution is 2.27. The van der Waals surface area contributed by atoms with Crippen LogP contribution in [0.1, 0.15) is 11.1 Å². The van der Waals surface area contributed by atoms with Gasteiger partial charge in [-0.3, -0.25) is 0 Å². The Balaban J connectivity index is 2.37. The second-order valence-electron chi connectivity index (χ2n) is 4.53. The monoisotopic (exact) mass is 296 g/mol. The van der Waals surface area contributed by atoms with Crippen molar-refractivity contribution in [1.82, 2.24) is 0 Å². The largest absolute Gasteiger partial charge is 0.394 e. The van der Waals surface area contributed by atoms with Gasteiger partial charge >= 0.3 is 0 Å². The predicted molar refractivity (Wildman–Crippen MR) is 74.5 cm³/mol. The number of hydrogen-bond acceptors (Lipinski definition) is 2. The number of halogens is 4. The summed E-state index contributed by atoms with van der Waals surface area (Å²) in [5, 5.41) is 2.47. The van der Waals surface area contributed by atoms with Crippen molar-refractivity contribution in [2.24, 2.45) is 0 Å². The van der Waals surface area contributed by atoms with Crippen LogP contribution in [0.25, 0.3) is 5.70 Å². The summed E-state index contributed by atoms with van der Waals surface area (Å²) < 4.78 is 53.9. The summed E-state index contributed by atoms with van der Waals surface area (Å²) in [6.45, 7) is 5.12. The molecule has 0 aliphatic heterocycles. The molecule has 0 saturated carbocycles. The van der Waals surface area contributed by atoms with E-state index < -0.39 is 29.0 Å². The van der Waals surface area contributed by atoms with E-state index >= 15 is 0 Å². The number of rotatable bonds is 3. The van der Waals surface area contributed by atoms with Crippen LogP contribution in [-0.2, 0) is 0 Å². The molecule has 0 spiro atoms. The van der Waals surface area contributed by atoms with Crippen LogP contribution in [0.15, 0.2) is 30.8 Å². The summed E-state index contributed by atoms with van der Waals surface area (Å²) in [5.74, 6) is -4.07. The van der Waals surface area contributed by atoms with Gasteiger partial charge in [-0.2, -0.15) is 0 Å². The number of anilines is 2. The minimum absolute atomic E-state index is 0.0694. The second kappa shape index (κ2) is 5.47. The van der Waals surface area contributed by atoms with Crippen LogP contribution in [0.3, 0.4) is 0 Å². The predicted octanol–water partition coefficient (Wildman–Crippen LogP) is 4.22. The van der Waals surface area contributed by atoms with E-state index in [0.717, 1.165) is 18.2 Å². The Morgan fingerprint density at radius 3 is 2.38 bits per heavy atom. The number of nitrogens with one attached hydrogen (secondary N) is 1. The van der Waals surface area contributed by atoms with Crippen LogP contribution in [0.4, 0.5) is 28.9 Å². The summed E-state index contributed by atoms with van der Waals surface area (Å²) in [7, 11) is 0. The van der Waals surface area contributed by atoms with Crippen molar-refractivity contribution >= 4 is 17.1 Å². The fraction of sp³-hybridized carbons (Fsp3) is 0.0667. The highest BCUT2D eigenvalue weighted by atomic mass is 19.2. The van der Waals surface area contributed by atoms with Gasteiger partial charge in [-0.1, -0.05) is 6.58 Å². The Labute approximate surface area is 118 Å². The summed E-state index contributed by atoms with van der Waals surface area (Å²) in [4.78, 5) is 0. The van der Waals surface area contributed by atoms with Gasteiger partial charge in [-0.05, 0) is 36.8 Å². The molecule has 0 aliphatic rings. The molecule has 0 unspecified atom stereocenters. The minimum atomic E-state index is -1.10. The zero-order valence-corrected chi connectivity index (χ0v) is 11.1. The lowest BCUT2D eigenvalue weighted by molar-refractivity contribution is 0.505. The van der Waals surface area contributed by atoms with Crippen molar-refractivity contribution in [3.05, 3.63) is 65.2 Å². The highest BCUT2D eigenvalue weighted by molar-refractivity contribution is 5.77. The van der Waals surface area contributed by atoms with Gasteiger partial charge in [0.15, 0.2) is 17.5 Å². The van der Waals surface area contributed by atoms with Gasteiger partial charge in [0, 0.05) is 11.3 Å². The third kappa shape index (κ3) is 2.84. The molecule has 2 aromatic carbocycles. The lowest BCUT2D eigenvalue weighted by Gasteiger charge is -2.13. The summed E-state index contributed by atoms with van der Waals surface area (Å²) in [6, 6.07) is 4.44. The van der Waals surface area contributed by atoms with Crippen molar-refractivity contribution in [3.8, 4) is 0 Å². The van der Waals surface area contributed by atoms with Gasteiger partial charge in [-0.15, -0.1) is 0 Å². The van der Waals surface area contributed by atoms with Crippen LogP contribution in [0.5, 0.6) is 0 Å². The quantitative estimate of drug-likeness (QED) is 0.657. The Morgan fingerprint density at radius 1 is 1.05 bits per heavy atom. The molecule has 0 aliphatic carbocycles. The van der Waals surface area contributed by atoms with E-state index in [1.54, 1.807) is 6.92 Å².